The van der Waals surface area contributed by atoms with Crippen LogP contribution in [0.5, 0.6) is 0 Å². The lowest BCUT2D eigenvalue weighted by molar-refractivity contribution is -0.122. The molecule has 4 nitrogen and oxygen atoms in total. The van der Waals surface area contributed by atoms with E-state index in [0.29, 0.717) is 12.8 Å². The topological polar surface area (TPSA) is 58.2 Å². The van der Waals surface area contributed by atoms with Crippen molar-refractivity contribution in [2.45, 2.75) is 104 Å². The molecule has 0 aromatic carbocycles. The molecule has 0 bridgehead atoms. The van der Waals surface area contributed by atoms with E-state index < -0.39 is 0 Å². The summed E-state index contributed by atoms with van der Waals surface area (Å²) in [5.74, 6) is 0.257. The average Bonchev–Trinajstić information content (AvgIpc) is 2.53. The molecular weight excluding hydrogens is 276 g/mol. The Labute approximate surface area is 136 Å². The van der Waals surface area contributed by atoms with Crippen LogP contribution in [0, 0.1) is 0 Å². The van der Waals surface area contributed by atoms with Gasteiger partial charge in [-0.15, -0.1) is 0 Å². The average molecular weight is 312 g/mol. The summed E-state index contributed by atoms with van der Waals surface area (Å²) in [6.07, 6.45) is 9.59. The minimum absolute atomic E-state index is 0.129. The highest BCUT2D eigenvalue weighted by Gasteiger charge is 2.16. The molecule has 0 unspecified atom stereocenters. The zero-order chi connectivity index (χ0) is 16.8. The van der Waals surface area contributed by atoms with E-state index in [4.69, 9.17) is 0 Å². The summed E-state index contributed by atoms with van der Waals surface area (Å²) in [7, 11) is 0. The number of rotatable bonds is 13. The van der Waals surface area contributed by atoms with E-state index in [2.05, 4.69) is 24.5 Å². The standard InChI is InChI=1S/C18H36N2O2/c1-5-9-11-15(19-17(21)7-3)13-14-16(12-10-6-2)20-18(22)8-4/h15-16H,5-14H2,1-4H3,(H,19,21)(H,20,22)/t15-,16-/m1/s1. The van der Waals surface area contributed by atoms with Crippen LogP contribution in [0.1, 0.15) is 91.9 Å². The lowest BCUT2D eigenvalue weighted by Gasteiger charge is -2.23. The Morgan fingerprint density at radius 2 is 1.05 bits per heavy atom. The minimum Gasteiger partial charge on any atom is -0.353 e. The van der Waals surface area contributed by atoms with E-state index in [-0.39, 0.29) is 23.9 Å². The minimum atomic E-state index is 0.129. The third-order valence-electron chi connectivity index (χ3n) is 4.05. The SMILES string of the molecule is CCCC[C@H](CC[C@@H](CCCC)NC(=O)CC)NC(=O)CC. The van der Waals surface area contributed by atoms with Gasteiger partial charge in [0.05, 0.1) is 0 Å². The van der Waals surface area contributed by atoms with Gasteiger partial charge in [0.1, 0.15) is 0 Å². The fraction of sp³-hybridized carbons (Fsp3) is 0.889. The van der Waals surface area contributed by atoms with E-state index in [1.807, 2.05) is 13.8 Å². The molecule has 2 amide bonds. The van der Waals surface area contributed by atoms with Crippen LogP contribution in [-0.4, -0.2) is 23.9 Å². The molecule has 0 spiro atoms. The van der Waals surface area contributed by atoms with Crippen molar-refractivity contribution in [2.75, 3.05) is 0 Å². The molecule has 0 aliphatic rings. The summed E-state index contributed by atoms with van der Waals surface area (Å²) < 4.78 is 0. The highest BCUT2D eigenvalue weighted by Crippen LogP contribution is 2.13. The normalized spacial score (nSPS) is 13.5. The molecule has 2 N–H and O–H groups in total. The van der Waals surface area contributed by atoms with E-state index in [0.717, 1.165) is 51.4 Å². The third-order valence-corrected chi connectivity index (χ3v) is 4.05. The molecule has 4 heteroatoms. The van der Waals surface area contributed by atoms with Crippen LogP contribution in [0.4, 0.5) is 0 Å². The lowest BCUT2D eigenvalue weighted by atomic mass is 9.98. The van der Waals surface area contributed by atoms with Gasteiger partial charge in [0.2, 0.25) is 11.8 Å². The van der Waals surface area contributed by atoms with Gasteiger partial charge in [-0.2, -0.15) is 0 Å². The number of hydrogen-bond acceptors (Lipinski definition) is 2. The predicted molar refractivity (Wildman–Crippen MR) is 92.7 cm³/mol. The Hall–Kier alpha value is -1.06. The number of nitrogens with one attached hydrogen (secondary N) is 2. The van der Waals surface area contributed by atoms with Gasteiger partial charge in [0, 0.05) is 24.9 Å². The van der Waals surface area contributed by atoms with Gasteiger partial charge in [-0.3, -0.25) is 9.59 Å². The molecular formula is C18H36N2O2. The van der Waals surface area contributed by atoms with Crippen molar-refractivity contribution in [2.24, 2.45) is 0 Å². The fourth-order valence-electron chi connectivity index (χ4n) is 2.54. The maximum atomic E-state index is 11.6. The summed E-state index contributed by atoms with van der Waals surface area (Å²) in [5.41, 5.74) is 0. The number of carbonyl (C=O) groups excluding carboxylic acids is 2. The molecule has 0 heterocycles. The summed E-state index contributed by atoms with van der Waals surface area (Å²) >= 11 is 0. The Bertz CT molecular complexity index is 275. The highest BCUT2D eigenvalue weighted by atomic mass is 16.2. The van der Waals surface area contributed by atoms with Crippen LogP contribution < -0.4 is 10.6 Å². The van der Waals surface area contributed by atoms with E-state index in [1.165, 1.54) is 0 Å². The second kappa shape index (κ2) is 13.6. The monoisotopic (exact) mass is 312 g/mol. The van der Waals surface area contributed by atoms with Crippen molar-refractivity contribution in [3.05, 3.63) is 0 Å². The van der Waals surface area contributed by atoms with Gasteiger partial charge in [-0.05, 0) is 25.7 Å². The van der Waals surface area contributed by atoms with Crippen LogP contribution in [-0.2, 0) is 9.59 Å². The van der Waals surface area contributed by atoms with Crippen molar-refractivity contribution >= 4 is 11.8 Å². The molecule has 0 saturated carbocycles. The first-order valence-electron chi connectivity index (χ1n) is 9.15. The highest BCUT2D eigenvalue weighted by molar-refractivity contribution is 5.76. The number of carbonyl (C=O) groups is 2. The summed E-state index contributed by atoms with van der Waals surface area (Å²) in [5, 5.41) is 6.26. The maximum absolute atomic E-state index is 11.6. The van der Waals surface area contributed by atoms with Crippen molar-refractivity contribution < 1.29 is 9.59 Å². The molecule has 0 rings (SSSR count). The fourth-order valence-corrected chi connectivity index (χ4v) is 2.54. The molecule has 0 aromatic heterocycles. The molecule has 22 heavy (non-hydrogen) atoms. The third kappa shape index (κ3) is 10.6. The summed E-state index contributed by atoms with van der Waals surface area (Å²) in [6, 6.07) is 0.491. The van der Waals surface area contributed by atoms with E-state index in [1.54, 1.807) is 0 Å². The van der Waals surface area contributed by atoms with Crippen LogP contribution in [0.25, 0.3) is 0 Å². The van der Waals surface area contributed by atoms with Gasteiger partial charge in [0.25, 0.3) is 0 Å². The van der Waals surface area contributed by atoms with Crippen LogP contribution in [0.3, 0.4) is 0 Å². The quantitative estimate of drug-likeness (QED) is 0.541. The van der Waals surface area contributed by atoms with Crippen LogP contribution >= 0.6 is 0 Å². The summed E-state index contributed by atoms with van der Waals surface area (Å²) in [6.45, 7) is 8.12. The maximum Gasteiger partial charge on any atom is 0.219 e. The van der Waals surface area contributed by atoms with E-state index >= 15 is 0 Å². The zero-order valence-corrected chi connectivity index (χ0v) is 15.0. The second-order valence-electron chi connectivity index (χ2n) is 6.10. The van der Waals surface area contributed by atoms with Gasteiger partial charge in [-0.25, -0.2) is 0 Å². The molecule has 0 aliphatic heterocycles. The summed E-state index contributed by atoms with van der Waals surface area (Å²) in [4.78, 5) is 23.3. The number of unbranched alkanes of at least 4 members (excludes halogenated alkanes) is 2. The molecule has 130 valence electrons. The Morgan fingerprint density at radius 3 is 1.32 bits per heavy atom. The van der Waals surface area contributed by atoms with Crippen molar-refractivity contribution in [1.29, 1.82) is 0 Å². The molecule has 0 saturated heterocycles. The number of amides is 2. The number of hydrogen-bond donors (Lipinski definition) is 2. The molecule has 0 fully saturated rings. The Balaban J connectivity index is 4.42. The zero-order valence-electron chi connectivity index (χ0n) is 15.0. The van der Waals surface area contributed by atoms with Gasteiger partial charge in [-0.1, -0.05) is 53.4 Å². The van der Waals surface area contributed by atoms with Crippen molar-refractivity contribution in [3.8, 4) is 0 Å². The smallest absolute Gasteiger partial charge is 0.219 e. The predicted octanol–water partition coefficient (Wildman–Crippen LogP) is 3.94. The Morgan fingerprint density at radius 1 is 0.682 bits per heavy atom. The Kier molecular flexibility index (Phi) is 12.9. The lowest BCUT2D eigenvalue weighted by Crippen LogP contribution is -2.38. The van der Waals surface area contributed by atoms with Gasteiger partial charge >= 0.3 is 0 Å². The second-order valence-corrected chi connectivity index (χ2v) is 6.10. The van der Waals surface area contributed by atoms with Crippen molar-refractivity contribution in [3.63, 3.8) is 0 Å². The first kappa shape index (κ1) is 20.9. The molecule has 0 radical (unpaired) electrons. The molecule has 0 aliphatic carbocycles. The van der Waals surface area contributed by atoms with Gasteiger partial charge in [0.15, 0.2) is 0 Å². The van der Waals surface area contributed by atoms with Crippen LogP contribution in [0.15, 0.2) is 0 Å². The first-order valence-corrected chi connectivity index (χ1v) is 9.15. The molecule has 0 aromatic rings. The van der Waals surface area contributed by atoms with Gasteiger partial charge < -0.3 is 10.6 Å². The first-order chi connectivity index (χ1) is 10.6. The van der Waals surface area contributed by atoms with Crippen LogP contribution in [0.2, 0.25) is 0 Å². The molecule has 2 atom stereocenters. The largest absolute Gasteiger partial charge is 0.353 e. The van der Waals surface area contributed by atoms with Crippen molar-refractivity contribution in [1.82, 2.24) is 10.6 Å². The van der Waals surface area contributed by atoms with E-state index in [9.17, 15) is 9.59 Å².